The lowest BCUT2D eigenvalue weighted by atomic mass is 10.3. The minimum Gasteiger partial charge on any atom is -0.353 e. The predicted molar refractivity (Wildman–Crippen MR) is 58.4 cm³/mol. The van der Waals surface area contributed by atoms with Crippen molar-refractivity contribution in [3.05, 3.63) is 23.6 Å². The maximum atomic E-state index is 13.6. The van der Waals surface area contributed by atoms with Crippen LogP contribution in [-0.2, 0) is 0 Å². The molecule has 2 heterocycles. The molecule has 78 valence electrons. The summed E-state index contributed by atoms with van der Waals surface area (Å²) < 4.78 is 13.6. The maximum absolute atomic E-state index is 13.6. The monoisotopic (exact) mass is 223 g/mol. The van der Waals surface area contributed by atoms with Crippen LogP contribution in [0.1, 0.15) is 5.56 Å². The fourth-order valence-electron chi connectivity index (χ4n) is 1.50. The van der Waals surface area contributed by atoms with Gasteiger partial charge < -0.3 is 4.90 Å². The molecule has 1 aromatic heterocycles. The van der Waals surface area contributed by atoms with Crippen LogP contribution >= 0.6 is 11.8 Å². The van der Waals surface area contributed by atoms with Crippen molar-refractivity contribution < 1.29 is 4.39 Å². The van der Waals surface area contributed by atoms with Gasteiger partial charge in [-0.05, 0) is 6.07 Å². The van der Waals surface area contributed by atoms with Gasteiger partial charge in [0, 0.05) is 30.8 Å². The first kappa shape index (κ1) is 10.2. The van der Waals surface area contributed by atoms with Crippen molar-refractivity contribution in [2.24, 2.45) is 0 Å². The molecule has 0 radical (unpaired) electrons. The number of halogens is 1. The van der Waals surface area contributed by atoms with Gasteiger partial charge in [0.25, 0.3) is 0 Å². The SMILES string of the molecule is N#Cc1cnc(N2CCSCC2)c(F)c1. The normalized spacial score (nSPS) is 16.1. The van der Waals surface area contributed by atoms with Gasteiger partial charge in [-0.25, -0.2) is 9.37 Å². The Morgan fingerprint density at radius 2 is 2.20 bits per heavy atom. The Balaban J connectivity index is 2.24. The van der Waals surface area contributed by atoms with Gasteiger partial charge in [0.15, 0.2) is 11.6 Å². The zero-order chi connectivity index (χ0) is 10.7. The third-order valence-electron chi connectivity index (χ3n) is 2.26. The number of nitriles is 1. The highest BCUT2D eigenvalue weighted by molar-refractivity contribution is 7.99. The van der Waals surface area contributed by atoms with Crippen LogP contribution in [0.15, 0.2) is 12.3 Å². The molecule has 1 aliphatic heterocycles. The summed E-state index contributed by atoms with van der Waals surface area (Å²) in [6.07, 6.45) is 1.42. The lowest BCUT2D eigenvalue weighted by molar-refractivity contribution is 0.611. The second-order valence-electron chi connectivity index (χ2n) is 3.24. The van der Waals surface area contributed by atoms with E-state index in [1.54, 1.807) is 0 Å². The van der Waals surface area contributed by atoms with E-state index in [1.807, 2.05) is 22.7 Å². The Kier molecular flexibility index (Phi) is 3.07. The summed E-state index contributed by atoms with van der Waals surface area (Å²) in [5.74, 6) is 1.97. The molecule has 15 heavy (non-hydrogen) atoms. The van der Waals surface area contributed by atoms with Crippen molar-refractivity contribution in [3.63, 3.8) is 0 Å². The second kappa shape index (κ2) is 4.49. The van der Waals surface area contributed by atoms with Crippen LogP contribution < -0.4 is 4.90 Å². The lowest BCUT2D eigenvalue weighted by Gasteiger charge is -2.27. The van der Waals surface area contributed by atoms with Gasteiger partial charge in [0.1, 0.15) is 6.07 Å². The van der Waals surface area contributed by atoms with E-state index in [-0.39, 0.29) is 5.56 Å². The summed E-state index contributed by atoms with van der Waals surface area (Å²) in [6.45, 7) is 1.64. The van der Waals surface area contributed by atoms with Gasteiger partial charge >= 0.3 is 0 Å². The summed E-state index contributed by atoms with van der Waals surface area (Å²) in [5, 5.41) is 8.59. The Labute approximate surface area is 91.9 Å². The summed E-state index contributed by atoms with van der Waals surface area (Å²) in [6, 6.07) is 3.11. The molecule has 1 aromatic rings. The number of hydrogen-bond donors (Lipinski definition) is 0. The number of hydrogen-bond acceptors (Lipinski definition) is 4. The molecule has 0 aliphatic carbocycles. The van der Waals surface area contributed by atoms with Gasteiger partial charge in [-0.3, -0.25) is 0 Å². The van der Waals surface area contributed by atoms with E-state index in [4.69, 9.17) is 5.26 Å². The fourth-order valence-corrected chi connectivity index (χ4v) is 2.40. The van der Waals surface area contributed by atoms with Crippen molar-refractivity contribution in [3.8, 4) is 6.07 Å². The summed E-state index contributed by atoms with van der Waals surface area (Å²) in [5.41, 5.74) is 0.266. The first-order chi connectivity index (χ1) is 7.31. The molecule has 0 N–H and O–H groups in total. The van der Waals surface area contributed by atoms with E-state index in [0.717, 1.165) is 24.6 Å². The summed E-state index contributed by atoms with van der Waals surface area (Å²) in [4.78, 5) is 5.92. The number of nitrogens with zero attached hydrogens (tertiary/aromatic N) is 3. The van der Waals surface area contributed by atoms with Gasteiger partial charge in [-0.1, -0.05) is 0 Å². The molecule has 1 saturated heterocycles. The van der Waals surface area contributed by atoms with Gasteiger partial charge in [-0.2, -0.15) is 17.0 Å². The Bertz CT molecular complexity index is 396. The molecule has 3 nitrogen and oxygen atoms in total. The van der Waals surface area contributed by atoms with Crippen LogP contribution in [0.4, 0.5) is 10.2 Å². The third-order valence-corrected chi connectivity index (χ3v) is 3.20. The maximum Gasteiger partial charge on any atom is 0.166 e. The average Bonchev–Trinajstić information content (AvgIpc) is 2.30. The first-order valence-electron chi connectivity index (χ1n) is 4.69. The predicted octanol–water partition coefficient (Wildman–Crippen LogP) is 1.65. The molecule has 0 aromatic carbocycles. The standard InChI is InChI=1S/C10H10FN3S/c11-9-5-8(6-12)7-13-10(9)14-1-3-15-4-2-14/h5,7H,1-4H2. The molecule has 5 heteroatoms. The zero-order valence-electron chi connectivity index (χ0n) is 8.11. The molecule has 1 aliphatic rings. The molecule has 0 spiro atoms. The molecule has 0 saturated carbocycles. The van der Waals surface area contributed by atoms with Crippen LogP contribution in [0.25, 0.3) is 0 Å². The van der Waals surface area contributed by atoms with Crippen LogP contribution in [0.2, 0.25) is 0 Å². The van der Waals surface area contributed by atoms with Crippen LogP contribution in [0, 0.1) is 17.1 Å². The molecule has 2 rings (SSSR count). The van der Waals surface area contributed by atoms with Crippen molar-refractivity contribution >= 4 is 17.6 Å². The third kappa shape index (κ3) is 2.21. The molecule has 1 fully saturated rings. The summed E-state index contributed by atoms with van der Waals surface area (Å²) in [7, 11) is 0. The minimum absolute atomic E-state index is 0.266. The second-order valence-corrected chi connectivity index (χ2v) is 4.47. The van der Waals surface area contributed by atoms with Gasteiger partial charge in [0.2, 0.25) is 0 Å². The van der Waals surface area contributed by atoms with Crippen LogP contribution in [0.3, 0.4) is 0 Å². The first-order valence-corrected chi connectivity index (χ1v) is 5.85. The van der Waals surface area contributed by atoms with Crippen LogP contribution in [0.5, 0.6) is 0 Å². The van der Waals surface area contributed by atoms with Gasteiger partial charge in [-0.15, -0.1) is 0 Å². The van der Waals surface area contributed by atoms with Crippen molar-refractivity contribution in [2.45, 2.75) is 0 Å². The van der Waals surface area contributed by atoms with E-state index in [2.05, 4.69) is 4.98 Å². The molecule has 0 unspecified atom stereocenters. The number of anilines is 1. The van der Waals surface area contributed by atoms with E-state index in [9.17, 15) is 4.39 Å². The van der Waals surface area contributed by atoms with Crippen molar-refractivity contribution in [1.82, 2.24) is 4.98 Å². The average molecular weight is 223 g/mol. The van der Waals surface area contributed by atoms with Crippen molar-refractivity contribution in [1.29, 1.82) is 5.26 Å². The fraction of sp³-hybridized carbons (Fsp3) is 0.400. The molecule has 0 bridgehead atoms. The van der Waals surface area contributed by atoms with Crippen LogP contribution in [-0.4, -0.2) is 29.6 Å². The highest BCUT2D eigenvalue weighted by Gasteiger charge is 2.16. The zero-order valence-corrected chi connectivity index (χ0v) is 8.93. The quantitative estimate of drug-likeness (QED) is 0.725. The van der Waals surface area contributed by atoms with E-state index in [0.29, 0.717) is 5.82 Å². The highest BCUT2D eigenvalue weighted by atomic mass is 32.2. The number of rotatable bonds is 1. The smallest absolute Gasteiger partial charge is 0.166 e. The largest absolute Gasteiger partial charge is 0.353 e. The minimum atomic E-state index is -0.402. The van der Waals surface area contributed by atoms with Crippen molar-refractivity contribution in [2.75, 3.05) is 29.5 Å². The number of pyridine rings is 1. The number of thioether (sulfide) groups is 1. The molecule has 0 atom stereocenters. The highest BCUT2D eigenvalue weighted by Crippen LogP contribution is 2.20. The Morgan fingerprint density at radius 3 is 2.80 bits per heavy atom. The molecular formula is C10H10FN3S. The van der Waals surface area contributed by atoms with E-state index >= 15 is 0 Å². The van der Waals surface area contributed by atoms with E-state index in [1.165, 1.54) is 12.3 Å². The number of aromatic nitrogens is 1. The molecular weight excluding hydrogens is 213 g/mol. The Hall–Kier alpha value is -1.28. The summed E-state index contributed by atoms with van der Waals surface area (Å²) >= 11 is 1.86. The lowest BCUT2D eigenvalue weighted by Crippen LogP contribution is -2.33. The molecule has 0 amide bonds. The van der Waals surface area contributed by atoms with Gasteiger partial charge in [0.05, 0.1) is 5.56 Å². The topological polar surface area (TPSA) is 39.9 Å². The van der Waals surface area contributed by atoms with E-state index < -0.39 is 5.82 Å². The Morgan fingerprint density at radius 1 is 1.47 bits per heavy atom.